The molecule has 1 saturated heterocycles. The molecular formula is C26H33NO5. The van der Waals surface area contributed by atoms with Crippen LogP contribution in [0.25, 0.3) is 0 Å². The number of hydrogen-bond donors (Lipinski definition) is 1. The minimum absolute atomic E-state index is 0.216. The highest BCUT2D eigenvalue weighted by Crippen LogP contribution is 2.21. The number of nitrogens with zero attached hydrogens (tertiary/aromatic N) is 1. The van der Waals surface area contributed by atoms with Crippen molar-refractivity contribution in [2.24, 2.45) is 0 Å². The Kier molecular flexibility index (Phi) is 9.11. The molecule has 0 saturated carbocycles. The molecule has 0 radical (unpaired) electrons. The zero-order chi connectivity index (χ0) is 22.8. The molecule has 6 nitrogen and oxygen atoms in total. The molecule has 32 heavy (non-hydrogen) atoms. The van der Waals surface area contributed by atoms with Crippen LogP contribution >= 0.6 is 0 Å². The van der Waals surface area contributed by atoms with Crippen molar-refractivity contribution in [2.45, 2.75) is 57.6 Å². The van der Waals surface area contributed by atoms with Crippen LogP contribution in [0.3, 0.4) is 0 Å². The molecule has 0 aliphatic carbocycles. The van der Waals surface area contributed by atoms with Gasteiger partial charge in [0.1, 0.15) is 24.5 Å². The van der Waals surface area contributed by atoms with E-state index in [1.807, 2.05) is 47.4 Å². The Balaban J connectivity index is 1.53. The van der Waals surface area contributed by atoms with Crippen LogP contribution in [0.15, 0.2) is 54.6 Å². The number of benzene rings is 2. The van der Waals surface area contributed by atoms with Crippen LogP contribution < -0.4 is 4.74 Å². The SMILES string of the molecule is CC(COc1ccccc1CCc1ccccc1)OC(=O)C(CC(=O)O)N1CCCCC1. The van der Waals surface area contributed by atoms with Crippen LogP contribution in [-0.2, 0) is 27.2 Å². The van der Waals surface area contributed by atoms with E-state index in [1.54, 1.807) is 6.92 Å². The fourth-order valence-electron chi connectivity index (χ4n) is 4.05. The van der Waals surface area contributed by atoms with E-state index in [2.05, 4.69) is 12.1 Å². The van der Waals surface area contributed by atoms with Gasteiger partial charge in [-0.1, -0.05) is 55.0 Å². The predicted molar refractivity (Wildman–Crippen MR) is 123 cm³/mol. The minimum atomic E-state index is -0.992. The molecule has 172 valence electrons. The molecule has 1 heterocycles. The highest BCUT2D eigenvalue weighted by Gasteiger charge is 2.31. The summed E-state index contributed by atoms with van der Waals surface area (Å²) in [6.45, 7) is 3.45. The summed E-state index contributed by atoms with van der Waals surface area (Å²) in [4.78, 5) is 26.0. The molecule has 2 atom stereocenters. The molecule has 1 aliphatic rings. The van der Waals surface area contributed by atoms with Gasteiger partial charge in [-0.15, -0.1) is 0 Å². The molecule has 0 amide bonds. The van der Waals surface area contributed by atoms with Crippen molar-refractivity contribution in [3.05, 3.63) is 65.7 Å². The number of piperidine rings is 1. The molecule has 2 aromatic carbocycles. The first-order chi connectivity index (χ1) is 15.5. The fraction of sp³-hybridized carbons (Fsp3) is 0.462. The molecule has 6 heteroatoms. The topological polar surface area (TPSA) is 76.1 Å². The summed E-state index contributed by atoms with van der Waals surface area (Å²) in [5.41, 5.74) is 2.37. The van der Waals surface area contributed by atoms with E-state index in [9.17, 15) is 14.7 Å². The van der Waals surface area contributed by atoms with Crippen LogP contribution in [0.1, 0.15) is 43.7 Å². The summed E-state index contributed by atoms with van der Waals surface area (Å²) in [5.74, 6) is -0.694. The van der Waals surface area contributed by atoms with Gasteiger partial charge in [0.25, 0.3) is 0 Å². The third-order valence-electron chi connectivity index (χ3n) is 5.76. The second-order valence-electron chi connectivity index (χ2n) is 8.36. The van der Waals surface area contributed by atoms with Crippen LogP contribution in [0, 0.1) is 0 Å². The van der Waals surface area contributed by atoms with Gasteiger partial charge in [0.05, 0.1) is 6.42 Å². The zero-order valence-corrected chi connectivity index (χ0v) is 18.7. The van der Waals surface area contributed by atoms with Gasteiger partial charge in [0.2, 0.25) is 0 Å². The third-order valence-corrected chi connectivity index (χ3v) is 5.76. The van der Waals surface area contributed by atoms with Gasteiger partial charge in [-0.2, -0.15) is 0 Å². The average molecular weight is 440 g/mol. The van der Waals surface area contributed by atoms with Crippen molar-refractivity contribution in [3.63, 3.8) is 0 Å². The second-order valence-corrected chi connectivity index (χ2v) is 8.36. The Labute approximate surface area is 190 Å². The molecule has 1 aliphatic heterocycles. The lowest BCUT2D eigenvalue weighted by Gasteiger charge is -2.32. The van der Waals surface area contributed by atoms with Crippen molar-refractivity contribution in [1.82, 2.24) is 4.90 Å². The van der Waals surface area contributed by atoms with E-state index in [1.165, 1.54) is 5.56 Å². The Morgan fingerprint density at radius 1 is 0.969 bits per heavy atom. The highest BCUT2D eigenvalue weighted by atomic mass is 16.6. The monoisotopic (exact) mass is 439 g/mol. The van der Waals surface area contributed by atoms with E-state index in [0.29, 0.717) is 0 Å². The molecule has 2 aromatic rings. The van der Waals surface area contributed by atoms with E-state index in [0.717, 1.165) is 56.5 Å². The lowest BCUT2D eigenvalue weighted by Crippen LogP contribution is -2.47. The quantitative estimate of drug-likeness (QED) is 0.531. The number of likely N-dealkylation sites (tertiary alicyclic amines) is 1. The van der Waals surface area contributed by atoms with Crippen molar-refractivity contribution < 1.29 is 24.2 Å². The van der Waals surface area contributed by atoms with Crippen LogP contribution in [0.4, 0.5) is 0 Å². The maximum Gasteiger partial charge on any atom is 0.324 e. The molecule has 2 unspecified atom stereocenters. The van der Waals surface area contributed by atoms with Crippen LogP contribution in [0.5, 0.6) is 5.75 Å². The van der Waals surface area contributed by atoms with E-state index in [4.69, 9.17) is 9.47 Å². The first kappa shape index (κ1) is 23.8. The van der Waals surface area contributed by atoms with E-state index in [-0.39, 0.29) is 13.0 Å². The average Bonchev–Trinajstić information content (AvgIpc) is 2.81. The van der Waals surface area contributed by atoms with Crippen molar-refractivity contribution in [3.8, 4) is 5.75 Å². The maximum absolute atomic E-state index is 12.7. The molecule has 0 spiro atoms. The van der Waals surface area contributed by atoms with Crippen LogP contribution in [-0.4, -0.2) is 53.8 Å². The van der Waals surface area contributed by atoms with E-state index >= 15 is 0 Å². The zero-order valence-electron chi connectivity index (χ0n) is 18.7. The smallest absolute Gasteiger partial charge is 0.324 e. The van der Waals surface area contributed by atoms with Gasteiger partial charge >= 0.3 is 11.9 Å². The maximum atomic E-state index is 12.7. The van der Waals surface area contributed by atoms with Crippen LogP contribution in [0.2, 0.25) is 0 Å². The lowest BCUT2D eigenvalue weighted by molar-refractivity contribution is -0.160. The molecule has 1 N–H and O–H groups in total. The number of ether oxygens (including phenoxy) is 2. The Morgan fingerprint density at radius 2 is 1.66 bits per heavy atom. The predicted octanol–water partition coefficient (Wildman–Crippen LogP) is 4.11. The molecule has 0 bridgehead atoms. The largest absolute Gasteiger partial charge is 0.489 e. The summed E-state index contributed by atoms with van der Waals surface area (Å²) >= 11 is 0. The fourth-order valence-corrected chi connectivity index (χ4v) is 4.05. The summed E-state index contributed by atoms with van der Waals surface area (Å²) in [6.07, 6.45) is 4.10. The van der Waals surface area contributed by atoms with Gasteiger partial charge < -0.3 is 14.6 Å². The Bertz CT molecular complexity index is 864. The van der Waals surface area contributed by atoms with Gasteiger partial charge in [-0.25, -0.2) is 0 Å². The number of carboxylic acids is 1. The number of aryl methyl sites for hydroxylation is 2. The highest BCUT2D eigenvalue weighted by molar-refractivity contribution is 5.82. The number of esters is 1. The molecule has 0 aromatic heterocycles. The Morgan fingerprint density at radius 3 is 2.38 bits per heavy atom. The van der Waals surface area contributed by atoms with Gasteiger partial charge in [0, 0.05) is 0 Å². The number of para-hydroxylation sites is 1. The summed E-state index contributed by atoms with van der Waals surface area (Å²) in [6, 6.07) is 17.5. The number of rotatable bonds is 11. The standard InChI is InChI=1S/C26H33NO5/c1-20(32-26(30)23(18-25(28)29)27-16-8-3-9-17-27)19-31-24-13-7-6-12-22(24)15-14-21-10-4-2-5-11-21/h2,4-7,10-13,20,23H,3,8-9,14-19H2,1H3,(H,28,29). The molecular weight excluding hydrogens is 406 g/mol. The molecule has 1 fully saturated rings. The van der Waals surface area contributed by atoms with Crippen molar-refractivity contribution in [1.29, 1.82) is 0 Å². The number of carboxylic acid groups (broad SMARTS) is 1. The van der Waals surface area contributed by atoms with Crippen molar-refractivity contribution >= 4 is 11.9 Å². The second kappa shape index (κ2) is 12.2. The third kappa shape index (κ3) is 7.38. The molecule has 3 rings (SSSR count). The van der Waals surface area contributed by atoms with Gasteiger partial charge in [-0.05, 0) is 62.9 Å². The first-order valence-electron chi connectivity index (χ1n) is 11.4. The Hall–Kier alpha value is -2.86. The summed E-state index contributed by atoms with van der Waals surface area (Å²) < 4.78 is 11.6. The summed E-state index contributed by atoms with van der Waals surface area (Å²) in [5, 5.41) is 9.25. The minimum Gasteiger partial charge on any atom is -0.489 e. The lowest BCUT2D eigenvalue weighted by atomic mass is 10.0. The number of carbonyl (C=O) groups is 2. The number of aliphatic carboxylic acids is 1. The number of carbonyl (C=O) groups excluding carboxylic acids is 1. The normalized spacial score (nSPS) is 16.2. The van der Waals surface area contributed by atoms with Gasteiger partial charge in [0.15, 0.2) is 0 Å². The summed E-state index contributed by atoms with van der Waals surface area (Å²) in [7, 11) is 0. The van der Waals surface area contributed by atoms with E-state index < -0.39 is 24.1 Å². The first-order valence-corrected chi connectivity index (χ1v) is 11.4. The number of hydrogen-bond acceptors (Lipinski definition) is 5. The van der Waals surface area contributed by atoms with Gasteiger partial charge in [-0.3, -0.25) is 14.5 Å². The van der Waals surface area contributed by atoms with Crippen molar-refractivity contribution in [2.75, 3.05) is 19.7 Å².